The third-order valence-corrected chi connectivity index (χ3v) is 3.79. The Morgan fingerprint density at radius 2 is 2.14 bits per heavy atom. The smallest absolute Gasteiger partial charge is 0.266 e. The molecule has 1 atom stereocenters. The maximum atomic E-state index is 13.5. The summed E-state index contributed by atoms with van der Waals surface area (Å²) in [7, 11) is 0. The highest BCUT2D eigenvalue weighted by Gasteiger charge is 2.39. The van der Waals surface area contributed by atoms with E-state index in [4.69, 9.17) is 0 Å². The summed E-state index contributed by atoms with van der Waals surface area (Å²) in [6.45, 7) is -0.318. The lowest BCUT2D eigenvalue weighted by molar-refractivity contribution is 0.0257. The van der Waals surface area contributed by atoms with Crippen LogP contribution in [0.5, 0.6) is 0 Å². The van der Waals surface area contributed by atoms with Gasteiger partial charge in [-0.05, 0) is 12.1 Å². The zero-order valence-corrected chi connectivity index (χ0v) is 11.3. The van der Waals surface area contributed by atoms with Gasteiger partial charge in [0, 0.05) is 36.8 Å². The van der Waals surface area contributed by atoms with Gasteiger partial charge in [0.1, 0.15) is 11.9 Å². The van der Waals surface area contributed by atoms with Gasteiger partial charge in [-0.3, -0.25) is 4.99 Å². The van der Waals surface area contributed by atoms with Crippen molar-refractivity contribution in [1.29, 1.82) is 0 Å². The summed E-state index contributed by atoms with van der Waals surface area (Å²) in [5, 5.41) is 10.4. The van der Waals surface area contributed by atoms with Crippen molar-refractivity contribution in [2.75, 3.05) is 18.0 Å². The first-order valence-electron chi connectivity index (χ1n) is 6.78. The van der Waals surface area contributed by atoms with Crippen molar-refractivity contribution in [3.8, 4) is 0 Å². The summed E-state index contributed by atoms with van der Waals surface area (Å²) in [6.07, 6.45) is 2.62. The van der Waals surface area contributed by atoms with E-state index >= 15 is 0 Å². The second-order valence-electron chi connectivity index (χ2n) is 5.34. The molecule has 0 radical (unpaired) electrons. The van der Waals surface area contributed by atoms with E-state index in [2.05, 4.69) is 4.99 Å². The van der Waals surface area contributed by atoms with E-state index in [-0.39, 0.29) is 13.0 Å². The average molecular weight is 296 g/mol. The standard InChI is InChI=1S/C15H15F3N2O/c16-10-3-4-11(14(21)12-2-1-6-19-12)13(8-10)20-7-5-15(17,18)9-20/h1,3-4,6,8,14,21H,2,5,7,9H2. The minimum Gasteiger partial charge on any atom is -0.382 e. The van der Waals surface area contributed by atoms with Gasteiger partial charge in [0.05, 0.1) is 12.3 Å². The van der Waals surface area contributed by atoms with Gasteiger partial charge in [0.25, 0.3) is 5.92 Å². The zero-order valence-electron chi connectivity index (χ0n) is 11.3. The van der Waals surface area contributed by atoms with Crippen LogP contribution in [0.1, 0.15) is 24.5 Å². The number of hydrogen-bond donors (Lipinski definition) is 1. The first kappa shape index (κ1) is 14.1. The average Bonchev–Trinajstić information content (AvgIpc) is 3.07. The summed E-state index contributed by atoms with van der Waals surface area (Å²) in [5.41, 5.74) is 1.26. The van der Waals surface area contributed by atoms with Crippen molar-refractivity contribution in [3.63, 3.8) is 0 Å². The molecule has 1 aromatic carbocycles. The van der Waals surface area contributed by atoms with Gasteiger partial charge in [0.15, 0.2) is 0 Å². The molecular weight excluding hydrogens is 281 g/mol. The van der Waals surface area contributed by atoms with Crippen LogP contribution < -0.4 is 4.90 Å². The first-order chi connectivity index (χ1) is 9.96. The normalized spacial score (nSPS) is 21.7. The van der Waals surface area contributed by atoms with E-state index < -0.39 is 24.4 Å². The van der Waals surface area contributed by atoms with Crippen LogP contribution >= 0.6 is 0 Å². The van der Waals surface area contributed by atoms with Crippen LogP contribution in [0.4, 0.5) is 18.9 Å². The Morgan fingerprint density at radius 3 is 2.76 bits per heavy atom. The highest BCUT2D eigenvalue weighted by molar-refractivity contribution is 5.93. The molecule has 1 unspecified atom stereocenters. The molecule has 0 spiro atoms. The summed E-state index contributed by atoms with van der Waals surface area (Å²) >= 11 is 0. The lowest BCUT2D eigenvalue weighted by Crippen LogP contribution is -2.27. The molecule has 0 amide bonds. The summed E-state index contributed by atoms with van der Waals surface area (Å²) in [6, 6.07) is 3.86. The van der Waals surface area contributed by atoms with Crippen molar-refractivity contribution < 1.29 is 18.3 Å². The number of rotatable bonds is 3. The largest absolute Gasteiger partial charge is 0.382 e. The van der Waals surface area contributed by atoms with E-state index in [0.29, 0.717) is 23.4 Å². The number of hydrogen-bond acceptors (Lipinski definition) is 3. The molecule has 2 heterocycles. The molecule has 3 nitrogen and oxygen atoms in total. The fraction of sp³-hybridized carbons (Fsp3) is 0.400. The second-order valence-corrected chi connectivity index (χ2v) is 5.34. The molecule has 2 aliphatic heterocycles. The highest BCUT2D eigenvalue weighted by atomic mass is 19.3. The Hall–Kier alpha value is -1.82. The zero-order chi connectivity index (χ0) is 15.0. The second kappa shape index (κ2) is 5.18. The Labute approximate surface area is 120 Å². The number of aliphatic imine (C=N–C) groups is 1. The van der Waals surface area contributed by atoms with Crippen molar-refractivity contribution in [2.45, 2.75) is 24.9 Å². The monoisotopic (exact) mass is 296 g/mol. The van der Waals surface area contributed by atoms with Crippen LogP contribution in [0.15, 0.2) is 35.5 Å². The molecule has 1 N–H and O–H groups in total. The van der Waals surface area contributed by atoms with Crippen molar-refractivity contribution in [2.24, 2.45) is 4.99 Å². The van der Waals surface area contributed by atoms with Gasteiger partial charge in [-0.2, -0.15) is 0 Å². The first-order valence-corrected chi connectivity index (χ1v) is 6.78. The van der Waals surface area contributed by atoms with Crippen LogP contribution in [0.3, 0.4) is 0 Å². The van der Waals surface area contributed by atoms with Crippen LogP contribution in [0, 0.1) is 5.82 Å². The summed E-state index contributed by atoms with van der Waals surface area (Å²) < 4.78 is 40.3. The molecule has 21 heavy (non-hydrogen) atoms. The molecule has 1 saturated heterocycles. The molecule has 1 fully saturated rings. The van der Waals surface area contributed by atoms with Crippen molar-refractivity contribution in [3.05, 3.63) is 41.9 Å². The van der Waals surface area contributed by atoms with E-state index in [1.807, 2.05) is 0 Å². The van der Waals surface area contributed by atoms with Crippen molar-refractivity contribution in [1.82, 2.24) is 0 Å². The third kappa shape index (κ3) is 2.81. The third-order valence-electron chi connectivity index (χ3n) is 3.79. The lowest BCUT2D eigenvalue weighted by atomic mass is 10.0. The lowest BCUT2D eigenvalue weighted by Gasteiger charge is -2.24. The van der Waals surface area contributed by atoms with Crippen LogP contribution in [0.2, 0.25) is 0 Å². The number of benzene rings is 1. The topological polar surface area (TPSA) is 35.8 Å². The van der Waals surface area contributed by atoms with E-state index in [9.17, 15) is 18.3 Å². The van der Waals surface area contributed by atoms with Gasteiger partial charge in [-0.1, -0.05) is 12.1 Å². The quantitative estimate of drug-likeness (QED) is 0.930. The molecule has 1 aromatic rings. The van der Waals surface area contributed by atoms with Crippen LogP contribution in [0.25, 0.3) is 0 Å². The minimum absolute atomic E-state index is 0.140. The van der Waals surface area contributed by atoms with Gasteiger partial charge >= 0.3 is 0 Å². The molecule has 0 bridgehead atoms. The predicted octanol–water partition coefficient (Wildman–Crippen LogP) is 3.06. The van der Waals surface area contributed by atoms with E-state index in [1.54, 1.807) is 12.3 Å². The Morgan fingerprint density at radius 1 is 1.33 bits per heavy atom. The SMILES string of the molecule is OC(C1=NC=CC1)c1ccc(F)cc1N1CCC(F)(F)C1. The van der Waals surface area contributed by atoms with E-state index in [1.165, 1.54) is 23.1 Å². The van der Waals surface area contributed by atoms with E-state index in [0.717, 1.165) is 0 Å². The Balaban J connectivity index is 1.94. The number of aliphatic hydroxyl groups is 1. The number of nitrogens with zero attached hydrogens (tertiary/aromatic N) is 2. The van der Waals surface area contributed by atoms with Gasteiger partial charge in [-0.15, -0.1) is 0 Å². The fourth-order valence-corrected chi connectivity index (χ4v) is 2.70. The van der Waals surface area contributed by atoms with Gasteiger partial charge in [-0.25, -0.2) is 13.2 Å². The molecule has 0 saturated carbocycles. The molecule has 2 aliphatic rings. The Bertz CT molecular complexity index is 613. The van der Waals surface area contributed by atoms with Crippen LogP contribution in [-0.2, 0) is 0 Å². The maximum Gasteiger partial charge on any atom is 0.266 e. The summed E-state index contributed by atoms with van der Waals surface area (Å²) in [5.74, 6) is -3.29. The number of alkyl halides is 2. The number of halogens is 3. The minimum atomic E-state index is -2.78. The highest BCUT2D eigenvalue weighted by Crippen LogP contribution is 2.36. The molecular formula is C15H15F3N2O. The van der Waals surface area contributed by atoms with Gasteiger partial charge in [0.2, 0.25) is 0 Å². The number of aliphatic hydroxyl groups excluding tert-OH is 1. The summed E-state index contributed by atoms with van der Waals surface area (Å²) in [4.78, 5) is 5.48. The Kier molecular flexibility index (Phi) is 3.49. The predicted molar refractivity (Wildman–Crippen MR) is 74.3 cm³/mol. The molecule has 0 aromatic heterocycles. The maximum absolute atomic E-state index is 13.5. The fourth-order valence-electron chi connectivity index (χ4n) is 2.70. The molecule has 112 valence electrons. The number of anilines is 1. The van der Waals surface area contributed by atoms with Crippen molar-refractivity contribution >= 4 is 11.4 Å². The molecule has 3 rings (SSSR count). The molecule has 6 heteroatoms. The number of allylic oxidation sites excluding steroid dienone is 1. The molecule has 0 aliphatic carbocycles. The van der Waals surface area contributed by atoms with Crippen LogP contribution in [-0.4, -0.2) is 29.8 Å². The van der Waals surface area contributed by atoms with Gasteiger partial charge < -0.3 is 10.0 Å².